The van der Waals surface area contributed by atoms with Crippen LogP contribution in [0.1, 0.15) is 27.3 Å². The van der Waals surface area contributed by atoms with Crippen LogP contribution in [0.2, 0.25) is 0 Å². The summed E-state index contributed by atoms with van der Waals surface area (Å²) in [6, 6.07) is 27.1. The summed E-state index contributed by atoms with van der Waals surface area (Å²) in [7, 11) is -1.18. The zero-order valence-electron chi connectivity index (χ0n) is 21.2. The van der Waals surface area contributed by atoms with Gasteiger partial charge < -0.3 is 9.05 Å². The molecule has 1 atom stereocenters. The van der Waals surface area contributed by atoms with Gasteiger partial charge >= 0.3 is 0 Å². The van der Waals surface area contributed by atoms with Gasteiger partial charge in [-0.05, 0) is 67.0 Å². The average Bonchev–Trinajstić information content (AvgIpc) is 3.38. The molecule has 5 aromatic rings. The van der Waals surface area contributed by atoms with Crippen LogP contribution in [-0.2, 0) is 11.1 Å². The van der Waals surface area contributed by atoms with Gasteiger partial charge in [0.25, 0.3) is 13.4 Å². The summed E-state index contributed by atoms with van der Waals surface area (Å²) in [4.78, 5) is 19.8. The lowest BCUT2D eigenvalue weighted by molar-refractivity contribution is 0.0851. The largest absolute Gasteiger partial charge is 0.436 e. The molecule has 1 amide bonds. The number of rotatable bonds is 6. The minimum absolute atomic E-state index is 0.203. The van der Waals surface area contributed by atoms with E-state index in [-0.39, 0.29) is 5.91 Å². The molecule has 0 saturated carbocycles. The van der Waals surface area contributed by atoms with Crippen molar-refractivity contribution in [1.29, 1.82) is 0 Å². The first-order valence-corrected chi connectivity index (χ1v) is 14.9. The number of carbonyl (C=O) groups is 1. The third-order valence-corrected chi connectivity index (χ3v) is 9.57. The number of para-hydroxylation sites is 1. The topological polar surface area (TPSA) is 80.3 Å². The molecule has 1 aliphatic heterocycles. The van der Waals surface area contributed by atoms with Crippen molar-refractivity contribution in [2.24, 2.45) is 0 Å². The van der Waals surface area contributed by atoms with Gasteiger partial charge in [-0.15, -0.1) is 0 Å². The van der Waals surface area contributed by atoms with Crippen molar-refractivity contribution in [1.82, 2.24) is 19.9 Å². The summed E-state index contributed by atoms with van der Waals surface area (Å²) in [5.74, 6) is 0.502. The number of aromatic amines is 1. The minimum atomic E-state index is -2.87. The third kappa shape index (κ3) is 5.14. The maximum absolute atomic E-state index is 13.7. The quantitative estimate of drug-likeness (QED) is 0.225. The Morgan fingerprint density at radius 2 is 1.87 bits per heavy atom. The highest BCUT2D eigenvalue weighted by molar-refractivity contribution is 7.99. The molecule has 194 valence electrons. The molecule has 0 saturated heterocycles. The zero-order valence-corrected chi connectivity index (χ0v) is 22.9. The van der Waals surface area contributed by atoms with Crippen molar-refractivity contribution >= 4 is 54.5 Å². The van der Waals surface area contributed by atoms with Crippen LogP contribution in [0.25, 0.3) is 23.1 Å². The van der Waals surface area contributed by atoms with Gasteiger partial charge in [0, 0.05) is 34.0 Å². The Morgan fingerprint density at radius 1 is 1.05 bits per heavy atom. The van der Waals surface area contributed by atoms with E-state index in [4.69, 9.17) is 9.05 Å². The predicted octanol–water partition coefficient (Wildman–Crippen LogP) is 7.16. The van der Waals surface area contributed by atoms with Gasteiger partial charge in [0.15, 0.2) is 0 Å². The Kier molecular flexibility index (Phi) is 6.83. The fraction of sp³-hybridized carbons (Fsp3) is 0.0667. The van der Waals surface area contributed by atoms with Crippen LogP contribution in [-0.4, -0.2) is 39.1 Å². The highest BCUT2D eigenvalue weighted by Crippen LogP contribution is 2.55. The molecule has 7 nitrogen and oxygen atoms in total. The van der Waals surface area contributed by atoms with Crippen LogP contribution >= 0.6 is 19.3 Å². The second kappa shape index (κ2) is 10.6. The van der Waals surface area contributed by atoms with E-state index in [0.717, 1.165) is 37.6 Å². The number of nitrogens with zero attached hydrogens (tertiary/aromatic N) is 3. The van der Waals surface area contributed by atoms with E-state index in [0.29, 0.717) is 17.9 Å². The number of carbonyl (C=O) groups excluding carboxylic acids is 1. The van der Waals surface area contributed by atoms with Crippen molar-refractivity contribution in [2.75, 3.05) is 7.05 Å². The zero-order chi connectivity index (χ0) is 26.8. The monoisotopic (exact) mass is 552 g/mol. The van der Waals surface area contributed by atoms with Crippen LogP contribution in [0.5, 0.6) is 5.75 Å². The summed E-state index contributed by atoms with van der Waals surface area (Å²) >= 11 is 1.52. The summed E-state index contributed by atoms with van der Waals surface area (Å²) in [6.45, 7) is 0.352. The van der Waals surface area contributed by atoms with Crippen molar-refractivity contribution in [3.05, 3.63) is 114 Å². The first-order chi connectivity index (χ1) is 19.0. The first kappa shape index (κ1) is 25.2. The lowest BCUT2D eigenvalue weighted by Crippen LogP contribution is -2.29. The van der Waals surface area contributed by atoms with E-state index in [1.54, 1.807) is 13.2 Å². The normalized spacial score (nSPS) is 16.6. The Bertz CT molecular complexity index is 1750. The Hall–Kier alpha value is -4.10. The van der Waals surface area contributed by atoms with Crippen LogP contribution in [0.3, 0.4) is 0 Å². The van der Waals surface area contributed by atoms with Crippen LogP contribution < -0.4 is 4.52 Å². The molecule has 9 heteroatoms. The van der Waals surface area contributed by atoms with Crippen molar-refractivity contribution in [3.8, 4) is 5.75 Å². The number of hydrogen-bond donors (Lipinski definition) is 1. The number of H-pyrrole nitrogens is 1. The van der Waals surface area contributed by atoms with Gasteiger partial charge in [0.2, 0.25) is 0 Å². The van der Waals surface area contributed by atoms with E-state index in [1.165, 1.54) is 16.4 Å². The van der Waals surface area contributed by atoms with Gasteiger partial charge in [-0.2, -0.15) is 5.10 Å². The predicted molar refractivity (Wildman–Crippen MR) is 158 cm³/mol. The van der Waals surface area contributed by atoms with E-state index in [2.05, 4.69) is 21.5 Å². The lowest BCUT2D eigenvalue weighted by atomic mass is 10.2. The number of amides is 1. The van der Waals surface area contributed by atoms with Crippen molar-refractivity contribution in [2.45, 2.75) is 16.4 Å². The Morgan fingerprint density at radius 3 is 2.74 bits per heavy atom. The van der Waals surface area contributed by atoms with Gasteiger partial charge in [-0.3, -0.25) is 19.5 Å². The second-order valence-electron chi connectivity index (χ2n) is 8.94. The molecule has 3 aromatic carbocycles. The molecule has 1 unspecified atom stereocenters. The minimum Gasteiger partial charge on any atom is -0.436 e. The summed E-state index contributed by atoms with van der Waals surface area (Å²) in [5, 5.41) is 8.58. The van der Waals surface area contributed by atoms with E-state index in [9.17, 15) is 4.79 Å². The molecule has 2 aromatic heterocycles. The molecule has 39 heavy (non-hydrogen) atoms. The maximum Gasteiger partial charge on any atom is 0.268 e. The SMILES string of the molecule is C=P1(N(C)C(=O)c2ccccc2Sc2ccc3c(/C=C/c4ccccn4)n[nH]c3c2)OCc2ccccc2O1. The lowest BCUT2D eigenvalue weighted by Gasteiger charge is -2.36. The summed E-state index contributed by atoms with van der Waals surface area (Å²) in [5.41, 5.74) is 4.11. The highest BCUT2D eigenvalue weighted by atomic mass is 32.2. The van der Waals surface area contributed by atoms with E-state index in [1.807, 2.05) is 97.1 Å². The van der Waals surface area contributed by atoms with Gasteiger partial charge in [0.1, 0.15) is 5.75 Å². The molecule has 1 N–H and O–H groups in total. The molecule has 0 radical (unpaired) electrons. The Balaban J connectivity index is 1.23. The molecule has 3 heterocycles. The third-order valence-electron chi connectivity index (χ3n) is 6.40. The summed E-state index contributed by atoms with van der Waals surface area (Å²) in [6.07, 6.45) is 9.85. The second-order valence-corrected chi connectivity index (χ2v) is 12.4. The molecule has 0 fully saturated rings. The number of hydrogen-bond acceptors (Lipinski definition) is 6. The number of fused-ring (bicyclic) bond motifs is 2. The van der Waals surface area contributed by atoms with Crippen LogP contribution in [0.4, 0.5) is 0 Å². The molecule has 0 aliphatic carbocycles. The van der Waals surface area contributed by atoms with E-state index < -0.39 is 7.49 Å². The van der Waals surface area contributed by atoms with Crippen LogP contribution in [0.15, 0.2) is 101 Å². The molecule has 1 aliphatic rings. The van der Waals surface area contributed by atoms with Crippen LogP contribution in [0, 0.1) is 0 Å². The molecule has 0 bridgehead atoms. The molecule has 6 rings (SSSR count). The fourth-order valence-electron chi connectivity index (χ4n) is 4.23. The average molecular weight is 553 g/mol. The smallest absolute Gasteiger partial charge is 0.268 e. The fourth-order valence-corrected chi connectivity index (χ4v) is 6.77. The van der Waals surface area contributed by atoms with Crippen molar-refractivity contribution < 1.29 is 13.8 Å². The summed E-state index contributed by atoms with van der Waals surface area (Å²) < 4.78 is 13.7. The number of aromatic nitrogens is 3. The van der Waals surface area contributed by atoms with Gasteiger partial charge in [-0.1, -0.05) is 48.2 Å². The molecular formula is C30H25N4O3PS. The van der Waals surface area contributed by atoms with E-state index >= 15 is 0 Å². The molecule has 0 spiro atoms. The van der Waals surface area contributed by atoms with Gasteiger partial charge in [0.05, 0.1) is 29.1 Å². The maximum atomic E-state index is 13.7. The number of nitrogens with one attached hydrogen (secondary N) is 1. The van der Waals surface area contributed by atoms with Crippen molar-refractivity contribution in [3.63, 3.8) is 0 Å². The number of benzene rings is 3. The van der Waals surface area contributed by atoms with Gasteiger partial charge in [-0.25, -0.2) is 0 Å². The number of pyridine rings is 1. The highest BCUT2D eigenvalue weighted by Gasteiger charge is 2.34. The molecular weight excluding hydrogens is 527 g/mol. The first-order valence-electron chi connectivity index (χ1n) is 12.3. The standard InChI is InChI=1S/C30H25N4O3PS/c1-34(38(2)36-20-21-9-3-5-12-28(21)37-38)30(35)25-11-4-6-13-29(25)39-23-15-16-24-26(32-33-27(24)19-23)17-14-22-10-7-8-18-31-22/h3-19H,2,20H2,1H3,(H,32,33)/b17-14+. The Labute approximate surface area is 230 Å².